The van der Waals surface area contributed by atoms with Gasteiger partial charge in [0, 0.05) is 11.6 Å². The summed E-state index contributed by atoms with van der Waals surface area (Å²) < 4.78 is 14.5. The first-order valence-corrected chi connectivity index (χ1v) is 8.13. The van der Waals surface area contributed by atoms with Gasteiger partial charge in [-0.2, -0.15) is 0 Å². The first-order valence-electron chi connectivity index (χ1n) is 8.13. The molecule has 0 aliphatic heterocycles. The third kappa shape index (κ3) is 3.60. The maximum atomic E-state index is 14.5. The Balaban J connectivity index is 2.32. The van der Waals surface area contributed by atoms with E-state index in [4.69, 9.17) is 0 Å². The second-order valence-corrected chi connectivity index (χ2v) is 6.26. The molecule has 0 saturated heterocycles. The predicted molar refractivity (Wildman–Crippen MR) is 83.5 cm³/mol. The van der Waals surface area contributed by atoms with Crippen LogP contribution >= 0.6 is 0 Å². The summed E-state index contributed by atoms with van der Waals surface area (Å²) in [5.74, 6) is 0.547. The van der Waals surface area contributed by atoms with Crippen molar-refractivity contribution in [2.45, 2.75) is 65.3 Å². The van der Waals surface area contributed by atoms with Gasteiger partial charge < -0.3 is 5.32 Å². The zero-order chi connectivity index (χ0) is 14.5. The Hall–Kier alpha value is -0.890. The third-order valence-corrected chi connectivity index (χ3v) is 4.59. The van der Waals surface area contributed by atoms with Gasteiger partial charge in [-0.05, 0) is 56.3 Å². The highest BCUT2D eigenvalue weighted by molar-refractivity contribution is 5.34. The monoisotopic (exact) mass is 277 g/mol. The average molecular weight is 277 g/mol. The lowest BCUT2D eigenvalue weighted by Crippen LogP contribution is -2.29. The quantitative estimate of drug-likeness (QED) is 0.758. The minimum atomic E-state index is -0.0299. The van der Waals surface area contributed by atoms with Crippen LogP contribution in [0, 0.1) is 25.6 Å². The van der Waals surface area contributed by atoms with E-state index >= 15 is 0 Å². The SMILES string of the molecule is CCNC(c1c(C)cc(C)cc1F)C1CCCCCC1. The topological polar surface area (TPSA) is 12.0 Å². The molecule has 1 saturated carbocycles. The van der Waals surface area contributed by atoms with Gasteiger partial charge in [0.2, 0.25) is 0 Å². The Kier molecular flexibility index (Phi) is 5.59. The van der Waals surface area contributed by atoms with E-state index in [1.54, 1.807) is 6.07 Å². The summed E-state index contributed by atoms with van der Waals surface area (Å²) in [7, 11) is 0. The summed E-state index contributed by atoms with van der Waals surface area (Å²) in [4.78, 5) is 0. The molecule has 1 fully saturated rings. The van der Waals surface area contributed by atoms with Gasteiger partial charge in [-0.15, -0.1) is 0 Å². The van der Waals surface area contributed by atoms with Gasteiger partial charge in [-0.1, -0.05) is 38.7 Å². The minimum Gasteiger partial charge on any atom is -0.310 e. The van der Waals surface area contributed by atoms with Gasteiger partial charge in [0.15, 0.2) is 0 Å². The first kappa shape index (κ1) is 15.5. The van der Waals surface area contributed by atoms with E-state index in [0.29, 0.717) is 5.92 Å². The molecule has 112 valence electrons. The molecule has 1 aliphatic rings. The summed E-state index contributed by atoms with van der Waals surface area (Å²) in [6, 6.07) is 3.97. The fourth-order valence-electron chi connectivity index (χ4n) is 3.69. The van der Waals surface area contributed by atoms with E-state index in [-0.39, 0.29) is 11.9 Å². The highest BCUT2D eigenvalue weighted by atomic mass is 19.1. The fraction of sp³-hybridized carbons (Fsp3) is 0.667. The maximum Gasteiger partial charge on any atom is 0.128 e. The Morgan fingerprint density at radius 2 is 1.80 bits per heavy atom. The number of rotatable bonds is 4. The van der Waals surface area contributed by atoms with Crippen LogP contribution in [-0.2, 0) is 0 Å². The molecule has 1 unspecified atom stereocenters. The molecule has 20 heavy (non-hydrogen) atoms. The van der Waals surface area contributed by atoms with Crippen molar-refractivity contribution < 1.29 is 4.39 Å². The lowest BCUT2D eigenvalue weighted by Gasteiger charge is -2.29. The van der Waals surface area contributed by atoms with Crippen LogP contribution in [0.25, 0.3) is 0 Å². The van der Waals surface area contributed by atoms with E-state index in [2.05, 4.69) is 18.3 Å². The molecule has 0 heterocycles. The van der Waals surface area contributed by atoms with Crippen LogP contribution in [0.3, 0.4) is 0 Å². The molecule has 2 heteroatoms. The highest BCUT2D eigenvalue weighted by Gasteiger charge is 2.27. The molecule has 0 radical (unpaired) electrons. The van der Waals surface area contributed by atoms with Crippen LogP contribution in [0.1, 0.15) is 68.2 Å². The van der Waals surface area contributed by atoms with Crippen molar-refractivity contribution in [1.29, 1.82) is 0 Å². The second-order valence-electron chi connectivity index (χ2n) is 6.26. The number of halogens is 1. The van der Waals surface area contributed by atoms with Crippen molar-refractivity contribution in [3.8, 4) is 0 Å². The van der Waals surface area contributed by atoms with Crippen LogP contribution < -0.4 is 5.32 Å². The number of benzene rings is 1. The van der Waals surface area contributed by atoms with Crippen molar-refractivity contribution in [1.82, 2.24) is 5.32 Å². The second kappa shape index (κ2) is 7.21. The Bertz CT molecular complexity index is 410. The summed E-state index contributed by atoms with van der Waals surface area (Å²) in [6.45, 7) is 7.03. The standard InChI is InChI=1S/C18H28FN/c1-4-20-18(15-9-7-5-6-8-10-15)17-14(3)11-13(2)12-16(17)19/h11-12,15,18,20H,4-10H2,1-3H3. The minimum absolute atomic E-state index is 0.0299. The number of hydrogen-bond acceptors (Lipinski definition) is 1. The molecule has 1 nitrogen and oxygen atoms in total. The molecule has 1 aromatic rings. The number of aryl methyl sites for hydroxylation is 2. The lowest BCUT2D eigenvalue weighted by atomic mass is 9.84. The van der Waals surface area contributed by atoms with E-state index in [0.717, 1.165) is 23.2 Å². The Morgan fingerprint density at radius 1 is 1.15 bits per heavy atom. The van der Waals surface area contributed by atoms with Gasteiger partial charge in [0.05, 0.1) is 0 Å². The van der Waals surface area contributed by atoms with Gasteiger partial charge >= 0.3 is 0 Å². The molecule has 0 bridgehead atoms. The average Bonchev–Trinajstić information content (AvgIpc) is 2.65. The Labute approximate surface area is 123 Å². The molecular formula is C18H28FN. The van der Waals surface area contributed by atoms with Crippen molar-refractivity contribution in [2.24, 2.45) is 5.92 Å². The van der Waals surface area contributed by atoms with Crippen LogP contribution in [0.5, 0.6) is 0 Å². The Morgan fingerprint density at radius 3 is 2.35 bits per heavy atom. The van der Waals surface area contributed by atoms with E-state index in [1.807, 2.05) is 13.8 Å². The smallest absolute Gasteiger partial charge is 0.128 e. The van der Waals surface area contributed by atoms with Crippen LogP contribution in [0.2, 0.25) is 0 Å². The summed E-state index contributed by atoms with van der Waals surface area (Å²) in [5.41, 5.74) is 3.02. The summed E-state index contributed by atoms with van der Waals surface area (Å²) in [5, 5.41) is 3.56. The highest BCUT2D eigenvalue weighted by Crippen LogP contribution is 2.36. The van der Waals surface area contributed by atoms with E-state index < -0.39 is 0 Å². The molecule has 2 rings (SSSR count). The predicted octanol–water partition coefficient (Wildman–Crippen LogP) is 5.06. The van der Waals surface area contributed by atoms with Crippen LogP contribution in [0.4, 0.5) is 4.39 Å². The fourth-order valence-corrected chi connectivity index (χ4v) is 3.69. The van der Waals surface area contributed by atoms with Crippen molar-refractivity contribution in [3.63, 3.8) is 0 Å². The van der Waals surface area contributed by atoms with Crippen molar-refractivity contribution in [2.75, 3.05) is 6.54 Å². The van der Waals surface area contributed by atoms with Crippen molar-refractivity contribution >= 4 is 0 Å². The van der Waals surface area contributed by atoms with Crippen molar-refractivity contribution in [3.05, 3.63) is 34.6 Å². The van der Waals surface area contributed by atoms with E-state index in [1.165, 1.54) is 38.5 Å². The van der Waals surface area contributed by atoms with Gasteiger partial charge in [0.25, 0.3) is 0 Å². The molecule has 0 spiro atoms. The van der Waals surface area contributed by atoms with Gasteiger partial charge in [-0.3, -0.25) is 0 Å². The number of hydrogen-bond donors (Lipinski definition) is 1. The molecule has 0 aromatic heterocycles. The first-order chi connectivity index (χ1) is 9.63. The molecule has 1 N–H and O–H groups in total. The number of nitrogens with one attached hydrogen (secondary N) is 1. The summed E-state index contributed by atoms with van der Waals surface area (Å²) >= 11 is 0. The van der Waals surface area contributed by atoms with Gasteiger partial charge in [-0.25, -0.2) is 4.39 Å². The van der Waals surface area contributed by atoms with Crippen LogP contribution in [-0.4, -0.2) is 6.54 Å². The lowest BCUT2D eigenvalue weighted by molar-refractivity contribution is 0.321. The van der Waals surface area contributed by atoms with Gasteiger partial charge in [0.1, 0.15) is 5.82 Å². The normalized spacial score (nSPS) is 18.8. The molecule has 1 aromatic carbocycles. The molecule has 1 aliphatic carbocycles. The molecule has 1 atom stereocenters. The van der Waals surface area contributed by atoms with E-state index in [9.17, 15) is 4.39 Å². The van der Waals surface area contributed by atoms with Crippen LogP contribution in [0.15, 0.2) is 12.1 Å². The maximum absolute atomic E-state index is 14.5. The third-order valence-electron chi connectivity index (χ3n) is 4.59. The summed E-state index contributed by atoms with van der Waals surface area (Å²) in [6.07, 6.45) is 7.71. The molecular weight excluding hydrogens is 249 g/mol. The molecule has 0 amide bonds. The zero-order valence-electron chi connectivity index (χ0n) is 13.1. The zero-order valence-corrected chi connectivity index (χ0v) is 13.1. The largest absolute Gasteiger partial charge is 0.310 e.